The molecule has 104 valence electrons. The molecule has 2 aliphatic rings. The zero-order valence-corrected chi connectivity index (χ0v) is 11.8. The van der Waals surface area contributed by atoms with Crippen LogP contribution in [0.5, 0.6) is 0 Å². The van der Waals surface area contributed by atoms with Crippen LogP contribution in [0.1, 0.15) is 25.7 Å². The molecule has 2 saturated carbocycles. The number of nitrogens with one attached hydrogen (secondary N) is 2. The van der Waals surface area contributed by atoms with Gasteiger partial charge in [0.2, 0.25) is 0 Å². The third-order valence-corrected chi connectivity index (χ3v) is 5.60. The van der Waals surface area contributed by atoms with Gasteiger partial charge in [-0.25, -0.2) is 18.1 Å². The number of aromatic nitrogens is 1. The van der Waals surface area contributed by atoms with E-state index in [9.17, 15) is 8.42 Å². The molecule has 6 heteroatoms. The minimum atomic E-state index is -3.53. The SMILES string of the molecule is CNc1cccnc1S(=O)(=O)NCC1(C2CC2)CC1. The smallest absolute Gasteiger partial charge is 0.260 e. The highest BCUT2D eigenvalue weighted by Gasteiger charge is 2.53. The van der Waals surface area contributed by atoms with Crippen molar-refractivity contribution in [3.8, 4) is 0 Å². The summed E-state index contributed by atoms with van der Waals surface area (Å²) < 4.78 is 27.4. The van der Waals surface area contributed by atoms with Crippen LogP contribution in [-0.2, 0) is 10.0 Å². The van der Waals surface area contributed by atoms with Crippen molar-refractivity contribution in [2.45, 2.75) is 30.7 Å². The van der Waals surface area contributed by atoms with E-state index in [1.807, 2.05) is 0 Å². The molecule has 2 aliphatic carbocycles. The minimum absolute atomic E-state index is 0.0871. The summed E-state index contributed by atoms with van der Waals surface area (Å²) in [5.74, 6) is 0.739. The largest absolute Gasteiger partial charge is 0.386 e. The molecule has 0 radical (unpaired) electrons. The second-order valence-electron chi connectivity index (χ2n) is 5.57. The van der Waals surface area contributed by atoms with Gasteiger partial charge in [-0.1, -0.05) is 0 Å². The van der Waals surface area contributed by atoms with Crippen molar-refractivity contribution in [1.82, 2.24) is 9.71 Å². The number of rotatable bonds is 6. The Bertz CT molecular complexity index is 577. The van der Waals surface area contributed by atoms with E-state index < -0.39 is 10.0 Å². The zero-order valence-electron chi connectivity index (χ0n) is 11.0. The van der Waals surface area contributed by atoms with E-state index in [1.54, 1.807) is 19.2 Å². The predicted molar refractivity (Wildman–Crippen MR) is 73.4 cm³/mol. The van der Waals surface area contributed by atoms with Gasteiger partial charge in [0.25, 0.3) is 10.0 Å². The molecule has 3 rings (SSSR count). The predicted octanol–water partition coefficient (Wildman–Crippen LogP) is 1.59. The van der Waals surface area contributed by atoms with Gasteiger partial charge in [0.15, 0.2) is 5.03 Å². The Morgan fingerprint density at radius 2 is 2.16 bits per heavy atom. The summed E-state index contributed by atoms with van der Waals surface area (Å²) in [5.41, 5.74) is 0.785. The quantitative estimate of drug-likeness (QED) is 0.830. The second-order valence-corrected chi connectivity index (χ2v) is 7.25. The summed E-state index contributed by atoms with van der Waals surface area (Å²) in [6.07, 6.45) is 6.33. The highest BCUT2D eigenvalue weighted by molar-refractivity contribution is 7.89. The molecule has 0 saturated heterocycles. The standard InChI is InChI=1S/C13H19N3O2S/c1-14-11-3-2-8-15-12(11)19(17,18)16-9-13(6-7-13)10-4-5-10/h2-3,8,10,14,16H,4-7,9H2,1H3. The van der Waals surface area contributed by atoms with Crippen LogP contribution in [0.3, 0.4) is 0 Å². The minimum Gasteiger partial charge on any atom is -0.386 e. The lowest BCUT2D eigenvalue weighted by atomic mass is 10.0. The van der Waals surface area contributed by atoms with Gasteiger partial charge >= 0.3 is 0 Å². The highest BCUT2D eigenvalue weighted by atomic mass is 32.2. The second kappa shape index (κ2) is 4.45. The van der Waals surface area contributed by atoms with Crippen LogP contribution in [0.25, 0.3) is 0 Å². The normalized spacial score (nSPS) is 21.1. The fourth-order valence-electron chi connectivity index (χ4n) is 2.69. The van der Waals surface area contributed by atoms with Gasteiger partial charge in [-0.15, -0.1) is 0 Å². The summed E-state index contributed by atoms with van der Waals surface area (Å²) >= 11 is 0. The molecule has 0 amide bonds. The molecule has 0 atom stereocenters. The van der Waals surface area contributed by atoms with Gasteiger partial charge in [0.05, 0.1) is 5.69 Å². The molecular formula is C13H19N3O2S. The molecule has 2 N–H and O–H groups in total. The first-order valence-corrected chi connectivity index (χ1v) is 8.18. The third-order valence-electron chi connectivity index (χ3n) is 4.24. The van der Waals surface area contributed by atoms with E-state index in [1.165, 1.54) is 19.0 Å². The molecule has 19 heavy (non-hydrogen) atoms. The van der Waals surface area contributed by atoms with Crippen LogP contribution >= 0.6 is 0 Å². The van der Waals surface area contributed by atoms with Crippen LogP contribution in [0, 0.1) is 11.3 Å². The van der Waals surface area contributed by atoms with Crippen LogP contribution < -0.4 is 10.0 Å². The van der Waals surface area contributed by atoms with Crippen molar-refractivity contribution >= 4 is 15.7 Å². The number of pyridine rings is 1. The summed E-state index contributed by atoms with van der Waals surface area (Å²) in [6.45, 7) is 0.555. The van der Waals surface area contributed by atoms with E-state index in [-0.39, 0.29) is 10.4 Å². The van der Waals surface area contributed by atoms with Gasteiger partial charge in [-0.3, -0.25) is 0 Å². The average molecular weight is 281 g/mol. The van der Waals surface area contributed by atoms with E-state index in [0.29, 0.717) is 12.2 Å². The molecule has 0 aromatic carbocycles. The van der Waals surface area contributed by atoms with Gasteiger partial charge < -0.3 is 5.32 Å². The Morgan fingerprint density at radius 1 is 1.42 bits per heavy atom. The Morgan fingerprint density at radius 3 is 2.74 bits per heavy atom. The van der Waals surface area contributed by atoms with Gasteiger partial charge in [0.1, 0.15) is 0 Å². The molecule has 0 bridgehead atoms. The number of hydrogen-bond donors (Lipinski definition) is 2. The van der Waals surface area contributed by atoms with Crippen molar-refractivity contribution in [2.24, 2.45) is 11.3 Å². The first-order chi connectivity index (χ1) is 9.07. The average Bonchev–Trinajstić information content (AvgIpc) is 3.28. The Hall–Kier alpha value is -1.14. The summed E-state index contributed by atoms with van der Waals surface area (Å²) in [5, 5.41) is 2.96. The van der Waals surface area contributed by atoms with Gasteiger partial charge in [-0.2, -0.15) is 0 Å². The number of hydrogen-bond acceptors (Lipinski definition) is 4. The summed E-state index contributed by atoms with van der Waals surface area (Å²) in [7, 11) is -1.83. The highest BCUT2D eigenvalue weighted by Crippen LogP contribution is 2.60. The lowest BCUT2D eigenvalue weighted by molar-refractivity contribution is 0.431. The fourth-order valence-corrected chi connectivity index (χ4v) is 3.96. The van der Waals surface area contributed by atoms with Crippen LogP contribution in [-0.4, -0.2) is 27.0 Å². The van der Waals surface area contributed by atoms with E-state index in [0.717, 1.165) is 18.8 Å². The monoisotopic (exact) mass is 281 g/mol. The Labute approximate surface area is 113 Å². The summed E-state index contributed by atoms with van der Waals surface area (Å²) in [6, 6.07) is 3.44. The topological polar surface area (TPSA) is 71.1 Å². The molecule has 2 fully saturated rings. The molecule has 1 heterocycles. The van der Waals surface area contributed by atoms with Crippen molar-refractivity contribution in [3.63, 3.8) is 0 Å². The lowest BCUT2D eigenvalue weighted by Gasteiger charge is -2.16. The zero-order chi connectivity index (χ0) is 13.5. The maximum absolute atomic E-state index is 12.3. The van der Waals surface area contributed by atoms with Gasteiger partial charge in [0, 0.05) is 19.8 Å². The van der Waals surface area contributed by atoms with Crippen LogP contribution in [0.2, 0.25) is 0 Å². The molecule has 5 nitrogen and oxygen atoms in total. The fraction of sp³-hybridized carbons (Fsp3) is 0.615. The number of sulfonamides is 1. The van der Waals surface area contributed by atoms with Crippen LogP contribution in [0.15, 0.2) is 23.4 Å². The van der Waals surface area contributed by atoms with Crippen molar-refractivity contribution in [2.75, 3.05) is 18.9 Å². The number of anilines is 1. The van der Waals surface area contributed by atoms with Crippen molar-refractivity contribution < 1.29 is 8.42 Å². The van der Waals surface area contributed by atoms with Crippen LogP contribution in [0.4, 0.5) is 5.69 Å². The molecule has 0 aliphatic heterocycles. The number of nitrogens with zero attached hydrogens (tertiary/aromatic N) is 1. The first kappa shape index (κ1) is 12.9. The molecule has 1 aromatic heterocycles. The first-order valence-electron chi connectivity index (χ1n) is 6.70. The van der Waals surface area contributed by atoms with Crippen molar-refractivity contribution in [3.05, 3.63) is 18.3 Å². The van der Waals surface area contributed by atoms with E-state index in [2.05, 4.69) is 15.0 Å². The molecular weight excluding hydrogens is 262 g/mol. The summed E-state index contributed by atoms with van der Waals surface area (Å²) in [4.78, 5) is 3.99. The molecule has 1 aromatic rings. The molecule has 0 unspecified atom stereocenters. The lowest BCUT2D eigenvalue weighted by Crippen LogP contribution is -2.32. The van der Waals surface area contributed by atoms with Crippen molar-refractivity contribution in [1.29, 1.82) is 0 Å². The maximum Gasteiger partial charge on any atom is 0.260 e. The Kier molecular flexibility index (Phi) is 3.02. The van der Waals surface area contributed by atoms with E-state index >= 15 is 0 Å². The maximum atomic E-state index is 12.3. The van der Waals surface area contributed by atoms with E-state index in [4.69, 9.17) is 0 Å². The van der Waals surface area contributed by atoms with Gasteiger partial charge in [-0.05, 0) is 49.1 Å². The third kappa shape index (κ3) is 2.47. The molecule has 0 spiro atoms. The Balaban J connectivity index is 1.75.